The number of rotatable bonds is 6. The van der Waals surface area contributed by atoms with Crippen molar-refractivity contribution >= 4 is 0 Å². The summed E-state index contributed by atoms with van der Waals surface area (Å²) >= 11 is 0. The number of hydrogen-bond acceptors (Lipinski definition) is 2. The summed E-state index contributed by atoms with van der Waals surface area (Å²) in [6.45, 7) is 9.43. The van der Waals surface area contributed by atoms with E-state index >= 15 is 0 Å². The average molecular weight is 410 g/mol. The van der Waals surface area contributed by atoms with E-state index in [1.54, 1.807) is 0 Å². The molecule has 0 saturated heterocycles. The third kappa shape index (κ3) is 4.95. The van der Waals surface area contributed by atoms with Gasteiger partial charge in [-0.1, -0.05) is 27.7 Å². The first kappa shape index (κ1) is 26.1. The first-order valence-electron chi connectivity index (χ1n) is 5.54. The van der Waals surface area contributed by atoms with Crippen LogP contribution in [0.15, 0.2) is 0 Å². The van der Waals surface area contributed by atoms with Gasteiger partial charge in [0.25, 0.3) is 0 Å². The van der Waals surface area contributed by atoms with Crippen molar-refractivity contribution in [3.63, 3.8) is 0 Å². The summed E-state index contributed by atoms with van der Waals surface area (Å²) < 4.78 is 0. The first-order chi connectivity index (χ1) is 6.05. The van der Waals surface area contributed by atoms with Crippen LogP contribution in [0.3, 0.4) is 0 Å². The predicted octanol–water partition coefficient (Wildman–Crippen LogP) is -3.73. The fourth-order valence-corrected chi connectivity index (χ4v) is 2.45. The molecule has 0 bridgehead atoms. The normalized spacial score (nSPS) is 10.9. The molecule has 0 aromatic rings. The Balaban J connectivity index is -0.000000240. The van der Waals surface area contributed by atoms with Gasteiger partial charge in [-0.3, -0.25) is 0 Å². The molecule has 105 valence electrons. The zero-order valence-electron chi connectivity index (χ0n) is 10.7. The first-order valence-corrected chi connectivity index (χ1v) is 5.54. The molecule has 0 unspecified atom stereocenters. The van der Waals surface area contributed by atoms with Crippen LogP contribution in [0.1, 0.15) is 53.4 Å². The van der Waals surface area contributed by atoms with Crippen molar-refractivity contribution in [2.24, 2.45) is 16.9 Å². The summed E-state index contributed by atoms with van der Waals surface area (Å²) in [4.78, 5) is 0. The minimum atomic E-state index is -0.0781. The maximum Gasteiger partial charge on any atom is 2.00 e. The van der Waals surface area contributed by atoms with Gasteiger partial charge < -0.3 is 45.4 Å². The van der Waals surface area contributed by atoms with E-state index in [-0.39, 0.29) is 62.0 Å². The smallest absolute Gasteiger partial charge is 1.00 e. The fraction of sp³-hybridized carbons (Fsp3) is 1.00. The molecule has 16 heavy (non-hydrogen) atoms. The van der Waals surface area contributed by atoms with Crippen molar-refractivity contribution < 1.29 is 51.0 Å². The summed E-state index contributed by atoms with van der Waals surface area (Å²) in [5.74, 6) is 0. The topological polar surface area (TPSA) is 52.0 Å². The quantitative estimate of drug-likeness (QED) is 0.443. The maximum absolute atomic E-state index is 6.43. The molecule has 0 rings (SSSR count). The standard InChI is InChI=1S/C11H26N2.2BrH.Cu/c1-5-10(6-2,9-12)11(13,7-3)8-4;;;/h5-9,12-13H2,1-4H3;2*1H;/q;;;+2/p-2. The van der Waals surface area contributed by atoms with Crippen molar-refractivity contribution in [3.8, 4) is 0 Å². The monoisotopic (exact) mass is 407 g/mol. The molecule has 0 saturated carbocycles. The van der Waals surface area contributed by atoms with Crippen LogP contribution in [0, 0.1) is 5.41 Å². The van der Waals surface area contributed by atoms with Gasteiger partial charge in [-0.25, -0.2) is 0 Å². The molecule has 0 aromatic heterocycles. The Bertz CT molecular complexity index is 141. The predicted molar refractivity (Wildman–Crippen MR) is 59.6 cm³/mol. The van der Waals surface area contributed by atoms with E-state index in [0.29, 0.717) is 6.54 Å². The molecule has 0 atom stereocenters. The van der Waals surface area contributed by atoms with Gasteiger partial charge in [0.05, 0.1) is 0 Å². The Labute approximate surface area is 133 Å². The largest absolute Gasteiger partial charge is 2.00 e. The van der Waals surface area contributed by atoms with Crippen molar-refractivity contribution in [2.75, 3.05) is 6.54 Å². The molecule has 0 aliphatic carbocycles. The van der Waals surface area contributed by atoms with Crippen LogP contribution in [0.25, 0.3) is 0 Å². The van der Waals surface area contributed by atoms with Crippen LogP contribution in [0.5, 0.6) is 0 Å². The van der Waals surface area contributed by atoms with E-state index in [9.17, 15) is 0 Å². The second-order valence-electron chi connectivity index (χ2n) is 4.05. The molecule has 4 N–H and O–H groups in total. The Kier molecular flexibility index (Phi) is 18.7. The van der Waals surface area contributed by atoms with E-state index in [1.807, 2.05) is 0 Å². The summed E-state index contributed by atoms with van der Waals surface area (Å²) in [7, 11) is 0. The van der Waals surface area contributed by atoms with Gasteiger partial charge in [-0.05, 0) is 32.2 Å². The van der Waals surface area contributed by atoms with Gasteiger partial charge >= 0.3 is 17.1 Å². The van der Waals surface area contributed by atoms with Gasteiger partial charge in [0.1, 0.15) is 0 Å². The van der Waals surface area contributed by atoms with Crippen LogP contribution in [-0.4, -0.2) is 12.1 Å². The molecule has 0 aliphatic heterocycles. The van der Waals surface area contributed by atoms with Crippen LogP contribution >= 0.6 is 0 Å². The summed E-state index contributed by atoms with van der Waals surface area (Å²) in [6, 6.07) is 0. The molecule has 0 spiro atoms. The molecule has 1 radical (unpaired) electrons. The van der Waals surface area contributed by atoms with Crippen molar-refractivity contribution in [3.05, 3.63) is 0 Å². The molecule has 5 heteroatoms. The van der Waals surface area contributed by atoms with E-state index in [2.05, 4.69) is 27.7 Å². The van der Waals surface area contributed by atoms with Crippen LogP contribution in [-0.2, 0) is 17.1 Å². The van der Waals surface area contributed by atoms with E-state index < -0.39 is 0 Å². The third-order valence-electron chi connectivity index (χ3n) is 4.06. The van der Waals surface area contributed by atoms with E-state index in [0.717, 1.165) is 25.7 Å². The molecular formula is C11H26Br2CuN2. The summed E-state index contributed by atoms with van der Waals surface area (Å²) in [6.07, 6.45) is 4.20. The molecule has 2 nitrogen and oxygen atoms in total. The Morgan fingerprint density at radius 1 is 0.812 bits per heavy atom. The Morgan fingerprint density at radius 2 is 1.12 bits per heavy atom. The number of hydrogen-bond donors (Lipinski definition) is 2. The van der Waals surface area contributed by atoms with Gasteiger partial charge in [0.15, 0.2) is 0 Å². The molecule has 0 amide bonds. The van der Waals surface area contributed by atoms with Gasteiger partial charge in [-0.15, -0.1) is 0 Å². The van der Waals surface area contributed by atoms with E-state index in [1.165, 1.54) is 0 Å². The second kappa shape index (κ2) is 11.5. The van der Waals surface area contributed by atoms with Gasteiger partial charge in [-0.2, -0.15) is 0 Å². The van der Waals surface area contributed by atoms with E-state index in [4.69, 9.17) is 11.5 Å². The zero-order valence-corrected chi connectivity index (χ0v) is 14.9. The molecule has 0 fully saturated rings. The van der Waals surface area contributed by atoms with Gasteiger partial charge in [0.2, 0.25) is 0 Å². The van der Waals surface area contributed by atoms with Crippen molar-refractivity contribution in [1.82, 2.24) is 0 Å². The summed E-state index contributed by atoms with van der Waals surface area (Å²) in [5.41, 5.74) is 12.4. The van der Waals surface area contributed by atoms with Crippen LogP contribution in [0.4, 0.5) is 0 Å². The fourth-order valence-electron chi connectivity index (χ4n) is 2.45. The third-order valence-corrected chi connectivity index (χ3v) is 4.06. The van der Waals surface area contributed by atoms with Gasteiger partial charge in [0, 0.05) is 11.0 Å². The molecular weight excluding hydrogens is 383 g/mol. The number of halogens is 2. The van der Waals surface area contributed by atoms with Crippen LogP contribution in [0.2, 0.25) is 0 Å². The average Bonchev–Trinajstić information content (AvgIpc) is 2.20. The minimum Gasteiger partial charge on any atom is -1.00 e. The molecule has 0 aromatic carbocycles. The Morgan fingerprint density at radius 3 is 1.19 bits per heavy atom. The maximum atomic E-state index is 6.43. The van der Waals surface area contributed by atoms with Crippen molar-refractivity contribution in [2.45, 2.75) is 58.9 Å². The Hall–Kier alpha value is 1.40. The number of nitrogens with two attached hydrogens (primary N) is 2. The molecule has 0 aliphatic rings. The second-order valence-corrected chi connectivity index (χ2v) is 4.05. The zero-order chi connectivity index (χ0) is 10.5. The minimum absolute atomic E-state index is 0. The van der Waals surface area contributed by atoms with Crippen LogP contribution < -0.4 is 45.4 Å². The SMILES string of the molecule is CCC(N)(CC)C(CC)(CC)CN.[Br-].[Br-].[Cu+2]. The molecule has 0 heterocycles. The summed E-state index contributed by atoms with van der Waals surface area (Å²) in [5, 5.41) is 0. The van der Waals surface area contributed by atoms with Crippen molar-refractivity contribution in [1.29, 1.82) is 0 Å².